The van der Waals surface area contributed by atoms with E-state index in [1.54, 1.807) is 12.1 Å². The SMILES string of the molecule is CCCCOc1ccc(C(=O)NCc2nnc(SCC(=O)N3CCCc4ccccc43)n2-c2cc(C)ccc2C)cc1. The van der Waals surface area contributed by atoms with Crippen LogP contribution >= 0.6 is 11.8 Å². The first-order chi connectivity index (χ1) is 20.4. The van der Waals surface area contributed by atoms with Crippen molar-refractivity contribution in [1.29, 1.82) is 0 Å². The zero-order valence-electron chi connectivity index (χ0n) is 24.4. The van der Waals surface area contributed by atoms with Gasteiger partial charge in [-0.2, -0.15) is 0 Å². The number of hydrogen-bond acceptors (Lipinski definition) is 6. The number of hydrogen-bond donors (Lipinski definition) is 1. The van der Waals surface area contributed by atoms with E-state index in [0.29, 0.717) is 29.7 Å². The lowest BCUT2D eigenvalue weighted by molar-refractivity contribution is -0.116. The monoisotopic (exact) mass is 583 g/mol. The van der Waals surface area contributed by atoms with Gasteiger partial charge < -0.3 is 15.0 Å². The predicted octanol–water partition coefficient (Wildman–Crippen LogP) is 6.06. The Kier molecular flexibility index (Phi) is 9.59. The molecule has 0 radical (unpaired) electrons. The van der Waals surface area contributed by atoms with E-state index in [0.717, 1.165) is 53.9 Å². The summed E-state index contributed by atoms with van der Waals surface area (Å²) in [6.07, 6.45) is 3.99. The number of fused-ring (bicyclic) bond motifs is 1. The number of para-hydroxylation sites is 1. The third-order valence-electron chi connectivity index (χ3n) is 7.33. The van der Waals surface area contributed by atoms with Crippen LogP contribution in [0.2, 0.25) is 0 Å². The number of aryl methyl sites for hydroxylation is 3. The number of rotatable bonds is 11. The summed E-state index contributed by atoms with van der Waals surface area (Å²) in [5, 5.41) is 12.5. The lowest BCUT2D eigenvalue weighted by Gasteiger charge is -2.29. The summed E-state index contributed by atoms with van der Waals surface area (Å²) in [6.45, 7) is 7.74. The average Bonchev–Trinajstić information content (AvgIpc) is 3.42. The fourth-order valence-corrected chi connectivity index (χ4v) is 5.85. The lowest BCUT2D eigenvalue weighted by Crippen LogP contribution is -2.36. The Morgan fingerprint density at radius 1 is 1.00 bits per heavy atom. The van der Waals surface area contributed by atoms with Gasteiger partial charge in [-0.1, -0.05) is 55.4 Å². The normalized spacial score (nSPS) is 12.6. The van der Waals surface area contributed by atoms with E-state index in [9.17, 15) is 9.59 Å². The van der Waals surface area contributed by atoms with Gasteiger partial charge in [-0.3, -0.25) is 14.2 Å². The third-order valence-corrected chi connectivity index (χ3v) is 8.25. The van der Waals surface area contributed by atoms with Gasteiger partial charge in [0.15, 0.2) is 11.0 Å². The van der Waals surface area contributed by atoms with E-state index in [1.807, 2.05) is 53.6 Å². The number of nitrogens with zero attached hydrogens (tertiary/aromatic N) is 4. The maximum absolute atomic E-state index is 13.4. The van der Waals surface area contributed by atoms with Gasteiger partial charge in [-0.15, -0.1) is 10.2 Å². The van der Waals surface area contributed by atoms with E-state index < -0.39 is 0 Å². The van der Waals surface area contributed by atoms with E-state index >= 15 is 0 Å². The van der Waals surface area contributed by atoms with Crippen molar-refractivity contribution in [2.24, 2.45) is 0 Å². The van der Waals surface area contributed by atoms with E-state index in [1.165, 1.54) is 17.3 Å². The van der Waals surface area contributed by atoms with Gasteiger partial charge in [0.1, 0.15) is 5.75 Å². The molecule has 5 rings (SSSR count). The first-order valence-corrected chi connectivity index (χ1v) is 15.5. The van der Waals surface area contributed by atoms with Crippen molar-refractivity contribution in [2.75, 3.05) is 23.8 Å². The molecule has 0 fully saturated rings. The Hall–Kier alpha value is -4.11. The molecule has 42 heavy (non-hydrogen) atoms. The van der Waals surface area contributed by atoms with Gasteiger partial charge in [-0.25, -0.2) is 0 Å². The van der Waals surface area contributed by atoms with Crippen LogP contribution in [-0.2, 0) is 17.8 Å². The first-order valence-electron chi connectivity index (χ1n) is 14.5. The van der Waals surface area contributed by atoms with Crippen LogP contribution in [0.3, 0.4) is 0 Å². The predicted molar refractivity (Wildman–Crippen MR) is 167 cm³/mol. The second-order valence-electron chi connectivity index (χ2n) is 10.5. The number of ether oxygens (including phenoxy) is 1. The molecule has 1 N–H and O–H groups in total. The first kappa shape index (κ1) is 29.4. The minimum Gasteiger partial charge on any atom is -0.494 e. The number of carbonyl (C=O) groups is 2. The smallest absolute Gasteiger partial charge is 0.251 e. The largest absolute Gasteiger partial charge is 0.494 e. The lowest BCUT2D eigenvalue weighted by atomic mass is 10.0. The second kappa shape index (κ2) is 13.7. The average molecular weight is 584 g/mol. The van der Waals surface area contributed by atoms with E-state index in [4.69, 9.17) is 4.74 Å². The summed E-state index contributed by atoms with van der Waals surface area (Å²) in [6, 6.07) is 21.5. The molecule has 0 saturated carbocycles. The van der Waals surface area contributed by atoms with Gasteiger partial charge in [-0.05, 0) is 86.2 Å². The van der Waals surface area contributed by atoms with Crippen LogP contribution in [0.5, 0.6) is 5.75 Å². The molecule has 2 amide bonds. The zero-order chi connectivity index (χ0) is 29.5. The Balaban J connectivity index is 1.32. The van der Waals surface area contributed by atoms with Gasteiger partial charge >= 0.3 is 0 Å². The number of aromatic nitrogens is 3. The van der Waals surface area contributed by atoms with Crippen LogP contribution in [0.25, 0.3) is 5.69 Å². The molecule has 9 heteroatoms. The van der Waals surface area contributed by atoms with Crippen molar-refractivity contribution < 1.29 is 14.3 Å². The number of amides is 2. The minimum atomic E-state index is -0.209. The molecule has 1 aliphatic rings. The molecular formula is C33H37N5O3S. The van der Waals surface area contributed by atoms with Crippen LogP contribution in [0.1, 0.15) is 59.1 Å². The molecule has 4 aromatic rings. The molecule has 0 spiro atoms. The fraction of sp³-hybridized carbons (Fsp3) is 0.333. The Morgan fingerprint density at radius 3 is 2.62 bits per heavy atom. The van der Waals surface area contributed by atoms with Gasteiger partial charge in [0.05, 0.1) is 24.6 Å². The zero-order valence-corrected chi connectivity index (χ0v) is 25.2. The highest BCUT2D eigenvalue weighted by Crippen LogP contribution is 2.29. The van der Waals surface area contributed by atoms with Crippen molar-refractivity contribution >= 4 is 29.3 Å². The molecule has 3 aromatic carbocycles. The highest BCUT2D eigenvalue weighted by Gasteiger charge is 2.24. The molecule has 0 saturated heterocycles. The summed E-state index contributed by atoms with van der Waals surface area (Å²) in [7, 11) is 0. The molecule has 1 aliphatic heterocycles. The minimum absolute atomic E-state index is 0.0413. The summed E-state index contributed by atoms with van der Waals surface area (Å²) in [5.41, 5.74) is 5.81. The Labute approximate surface area is 251 Å². The second-order valence-corrected chi connectivity index (χ2v) is 11.4. The van der Waals surface area contributed by atoms with Gasteiger partial charge in [0, 0.05) is 17.8 Å². The highest BCUT2D eigenvalue weighted by molar-refractivity contribution is 7.99. The third kappa shape index (κ3) is 6.85. The maximum atomic E-state index is 13.4. The molecule has 218 valence electrons. The topological polar surface area (TPSA) is 89.3 Å². The summed E-state index contributed by atoms with van der Waals surface area (Å²) >= 11 is 1.37. The molecule has 2 heterocycles. The van der Waals surface area contributed by atoms with Crippen molar-refractivity contribution in [2.45, 2.75) is 58.2 Å². The summed E-state index contributed by atoms with van der Waals surface area (Å²) in [5.74, 6) is 1.41. The van der Waals surface area contributed by atoms with Crippen molar-refractivity contribution in [3.05, 3.63) is 94.8 Å². The molecule has 0 atom stereocenters. The van der Waals surface area contributed by atoms with Crippen LogP contribution in [0.15, 0.2) is 71.9 Å². The van der Waals surface area contributed by atoms with Crippen LogP contribution < -0.4 is 15.0 Å². The standard InChI is InChI=1S/C33H37N5O3S/c1-4-5-19-41-27-16-14-26(15-17-27)32(40)34-21-30-35-36-33(38(30)29-20-23(2)12-13-24(29)3)42-22-31(39)37-18-8-10-25-9-6-7-11-28(25)37/h6-7,9,11-17,20H,4-5,8,10,18-19,21-22H2,1-3H3,(H,34,40). The van der Waals surface area contributed by atoms with Crippen LogP contribution in [-0.4, -0.2) is 45.5 Å². The maximum Gasteiger partial charge on any atom is 0.251 e. The van der Waals surface area contributed by atoms with Crippen LogP contribution in [0, 0.1) is 13.8 Å². The summed E-state index contributed by atoms with van der Waals surface area (Å²) in [4.78, 5) is 28.2. The molecule has 0 aliphatic carbocycles. The molecular weight excluding hydrogens is 546 g/mol. The summed E-state index contributed by atoms with van der Waals surface area (Å²) < 4.78 is 7.67. The Bertz CT molecular complexity index is 1550. The number of anilines is 1. The molecule has 8 nitrogen and oxygen atoms in total. The number of thioether (sulfide) groups is 1. The highest BCUT2D eigenvalue weighted by atomic mass is 32.2. The van der Waals surface area contributed by atoms with Crippen molar-refractivity contribution in [3.63, 3.8) is 0 Å². The molecule has 1 aromatic heterocycles. The fourth-order valence-electron chi connectivity index (χ4n) is 5.01. The number of unbranched alkanes of at least 4 members (excludes halogenated alkanes) is 1. The van der Waals surface area contributed by atoms with Crippen molar-refractivity contribution in [3.8, 4) is 11.4 Å². The number of carbonyl (C=O) groups excluding carboxylic acids is 2. The molecule has 0 unspecified atom stereocenters. The van der Waals surface area contributed by atoms with E-state index in [2.05, 4.69) is 46.7 Å². The van der Waals surface area contributed by atoms with Gasteiger partial charge in [0.25, 0.3) is 5.91 Å². The van der Waals surface area contributed by atoms with Gasteiger partial charge in [0.2, 0.25) is 5.91 Å². The van der Waals surface area contributed by atoms with Crippen molar-refractivity contribution in [1.82, 2.24) is 20.1 Å². The number of benzene rings is 3. The van der Waals surface area contributed by atoms with E-state index in [-0.39, 0.29) is 24.1 Å². The Morgan fingerprint density at radius 2 is 1.81 bits per heavy atom. The number of nitrogens with one attached hydrogen (secondary N) is 1. The quantitative estimate of drug-likeness (QED) is 0.170. The molecule has 0 bridgehead atoms. The van der Waals surface area contributed by atoms with Crippen LogP contribution in [0.4, 0.5) is 5.69 Å².